The van der Waals surface area contributed by atoms with Crippen LogP contribution in [0.25, 0.3) is 0 Å². The van der Waals surface area contributed by atoms with Gasteiger partial charge in [0.05, 0.1) is 17.3 Å². The molecule has 0 saturated carbocycles. The van der Waals surface area contributed by atoms with Gasteiger partial charge in [-0.3, -0.25) is 0 Å². The van der Waals surface area contributed by atoms with E-state index in [-0.39, 0.29) is 4.99 Å². The third-order valence-corrected chi connectivity index (χ3v) is 4.83. The Morgan fingerprint density at radius 2 is 2.29 bits per heavy atom. The van der Waals surface area contributed by atoms with Crippen LogP contribution in [0.4, 0.5) is 0 Å². The van der Waals surface area contributed by atoms with Crippen molar-refractivity contribution < 1.29 is 12.8 Å². The van der Waals surface area contributed by atoms with Crippen molar-refractivity contribution in [2.45, 2.75) is 31.6 Å². The third kappa shape index (κ3) is 3.52. The molecule has 0 bridgehead atoms. The summed E-state index contributed by atoms with van der Waals surface area (Å²) in [6, 6.07) is 2.96. The number of hydrogen-bond donors (Lipinski definition) is 2. The smallest absolute Gasteiger partial charge is 0.221 e. The van der Waals surface area contributed by atoms with Crippen molar-refractivity contribution >= 4 is 27.2 Å². The quantitative estimate of drug-likeness (QED) is 0.765. The van der Waals surface area contributed by atoms with Crippen molar-refractivity contribution in [2.75, 3.05) is 0 Å². The highest BCUT2D eigenvalue weighted by atomic mass is 32.2. The van der Waals surface area contributed by atoms with Gasteiger partial charge >= 0.3 is 0 Å². The maximum Gasteiger partial charge on any atom is 0.221 e. The van der Waals surface area contributed by atoms with Crippen LogP contribution in [0, 0.1) is 0 Å². The average Bonchev–Trinajstić information content (AvgIpc) is 2.68. The maximum atomic E-state index is 12.0. The van der Waals surface area contributed by atoms with Crippen LogP contribution in [0.15, 0.2) is 22.8 Å². The first-order valence-electron chi connectivity index (χ1n) is 5.22. The molecule has 0 fully saturated rings. The second-order valence-electron chi connectivity index (χ2n) is 3.70. The van der Waals surface area contributed by atoms with Crippen LogP contribution in [0.5, 0.6) is 0 Å². The van der Waals surface area contributed by atoms with Gasteiger partial charge in [0.15, 0.2) is 0 Å². The van der Waals surface area contributed by atoms with E-state index in [9.17, 15) is 8.42 Å². The molecule has 1 aromatic heterocycles. The highest BCUT2D eigenvalue weighted by Gasteiger charge is 2.28. The standard InChI is InChI=1S/C10H16N2O3S2/c1-3-9(10(11)16)17(13,14)12-7(2)8-5-4-6-15-8/h4-7,9,12H,3H2,1-2H3,(H2,11,16). The lowest BCUT2D eigenvalue weighted by molar-refractivity contribution is 0.458. The molecule has 2 unspecified atom stereocenters. The molecule has 0 aliphatic rings. The number of nitrogens with two attached hydrogens (primary N) is 1. The van der Waals surface area contributed by atoms with E-state index in [1.165, 1.54) is 6.26 Å². The van der Waals surface area contributed by atoms with Crippen LogP contribution in [0.3, 0.4) is 0 Å². The lowest BCUT2D eigenvalue weighted by atomic mass is 10.3. The molecular weight excluding hydrogens is 260 g/mol. The first-order valence-corrected chi connectivity index (χ1v) is 7.17. The van der Waals surface area contributed by atoms with E-state index >= 15 is 0 Å². The molecule has 5 nitrogen and oxygen atoms in total. The number of sulfonamides is 1. The number of hydrogen-bond acceptors (Lipinski definition) is 4. The van der Waals surface area contributed by atoms with Gasteiger partial charge in [-0.05, 0) is 25.5 Å². The number of nitrogens with one attached hydrogen (secondary N) is 1. The normalized spacial score (nSPS) is 15.4. The Labute approximate surface area is 106 Å². The minimum atomic E-state index is -3.57. The Morgan fingerprint density at radius 1 is 1.65 bits per heavy atom. The fourth-order valence-corrected chi connectivity index (χ4v) is 3.56. The molecule has 3 N–H and O–H groups in total. The summed E-state index contributed by atoms with van der Waals surface area (Å²) in [4.78, 5) is -0.0216. The van der Waals surface area contributed by atoms with Crippen molar-refractivity contribution in [3.8, 4) is 0 Å². The van der Waals surface area contributed by atoms with Crippen molar-refractivity contribution in [1.82, 2.24) is 4.72 Å². The van der Waals surface area contributed by atoms with Gasteiger partial charge in [0.2, 0.25) is 10.0 Å². The van der Waals surface area contributed by atoms with Crippen molar-refractivity contribution in [1.29, 1.82) is 0 Å². The van der Waals surface area contributed by atoms with Crippen LogP contribution >= 0.6 is 12.2 Å². The summed E-state index contributed by atoms with van der Waals surface area (Å²) in [6.45, 7) is 3.42. The molecule has 2 atom stereocenters. The number of thiocarbonyl (C=S) groups is 1. The van der Waals surface area contributed by atoms with Gasteiger partial charge in [-0.2, -0.15) is 0 Å². The molecular formula is C10H16N2O3S2. The second-order valence-corrected chi connectivity index (χ2v) is 6.07. The molecule has 96 valence electrons. The lowest BCUT2D eigenvalue weighted by Gasteiger charge is -2.18. The zero-order valence-electron chi connectivity index (χ0n) is 9.71. The molecule has 0 radical (unpaired) electrons. The first-order chi connectivity index (χ1) is 7.88. The molecule has 1 rings (SSSR count). The first kappa shape index (κ1) is 14.1. The van der Waals surface area contributed by atoms with E-state index in [1.54, 1.807) is 26.0 Å². The molecule has 0 aliphatic heterocycles. The molecule has 7 heteroatoms. The molecule has 0 amide bonds. The molecule has 0 aromatic carbocycles. The topological polar surface area (TPSA) is 85.3 Å². The van der Waals surface area contributed by atoms with E-state index in [0.29, 0.717) is 12.2 Å². The van der Waals surface area contributed by atoms with Crippen LogP contribution < -0.4 is 10.5 Å². The highest BCUT2D eigenvalue weighted by Crippen LogP contribution is 2.16. The van der Waals surface area contributed by atoms with Gasteiger partial charge in [-0.1, -0.05) is 19.1 Å². The molecule has 0 saturated heterocycles. The van der Waals surface area contributed by atoms with Gasteiger partial charge in [-0.15, -0.1) is 0 Å². The lowest BCUT2D eigenvalue weighted by Crippen LogP contribution is -2.42. The largest absolute Gasteiger partial charge is 0.468 e. The maximum absolute atomic E-state index is 12.0. The molecule has 17 heavy (non-hydrogen) atoms. The van der Waals surface area contributed by atoms with Crippen molar-refractivity contribution in [3.63, 3.8) is 0 Å². The Kier molecular flexibility index (Phi) is 4.67. The fourth-order valence-electron chi connectivity index (χ4n) is 1.50. The number of rotatable bonds is 6. The average molecular weight is 276 g/mol. The Balaban J connectivity index is 2.83. The van der Waals surface area contributed by atoms with Gasteiger partial charge in [0.25, 0.3) is 0 Å². The summed E-state index contributed by atoms with van der Waals surface area (Å²) in [5.74, 6) is 0.548. The Morgan fingerprint density at radius 3 is 2.71 bits per heavy atom. The summed E-state index contributed by atoms with van der Waals surface area (Å²) in [7, 11) is -3.57. The summed E-state index contributed by atoms with van der Waals surface area (Å²) >= 11 is 4.75. The minimum Gasteiger partial charge on any atom is -0.468 e. The van der Waals surface area contributed by atoms with Crippen LogP contribution in [-0.4, -0.2) is 18.7 Å². The molecule has 0 aliphatic carbocycles. The highest BCUT2D eigenvalue weighted by molar-refractivity contribution is 7.93. The van der Waals surface area contributed by atoms with Crippen LogP contribution in [-0.2, 0) is 10.0 Å². The predicted molar refractivity (Wildman–Crippen MR) is 70.0 cm³/mol. The monoisotopic (exact) mass is 276 g/mol. The van der Waals surface area contributed by atoms with Crippen LogP contribution in [0.2, 0.25) is 0 Å². The summed E-state index contributed by atoms with van der Waals surface area (Å²) in [5, 5.41) is -0.852. The van der Waals surface area contributed by atoms with E-state index < -0.39 is 21.3 Å². The van der Waals surface area contributed by atoms with Crippen LogP contribution in [0.1, 0.15) is 32.1 Å². The zero-order valence-corrected chi connectivity index (χ0v) is 11.3. The zero-order chi connectivity index (χ0) is 13.1. The fraction of sp³-hybridized carbons (Fsp3) is 0.500. The third-order valence-electron chi connectivity index (χ3n) is 2.37. The van der Waals surface area contributed by atoms with E-state index in [2.05, 4.69) is 4.72 Å². The Hall–Kier alpha value is -0.920. The van der Waals surface area contributed by atoms with E-state index in [4.69, 9.17) is 22.4 Å². The molecule has 0 spiro atoms. The van der Waals surface area contributed by atoms with E-state index in [1.807, 2.05) is 0 Å². The predicted octanol–water partition coefficient (Wildman–Crippen LogP) is 1.32. The second kappa shape index (κ2) is 5.61. The van der Waals surface area contributed by atoms with Crippen molar-refractivity contribution in [2.24, 2.45) is 5.73 Å². The number of furan rings is 1. The SMILES string of the molecule is CCC(C(N)=S)S(=O)(=O)NC(C)c1ccco1. The minimum absolute atomic E-state index is 0.0216. The molecule has 1 aromatic rings. The summed E-state index contributed by atoms with van der Waals surface area (Å²) in [5.41, 5.74) is 5.42. The van der Waals surface area contributed by atoms with E-state index in [0.717, 1.165) is 0 Å². The Bertz CT molecular complexity index is 468. The van der Waals surface area contributed by atoms with Gasteiger partial charge in [0.1, 0.15) is 11.0 Å². The summed E-state index contributed by atoms with van der Waals surface area (Å²) < 4.78 is 31.6. The van der Waals surface area contributed by atoms with Gasteiger partial charge < -0.3 is 10.2 Å². The van der Waals surface area contributed by atoms with Gasteiger partial charge in [-0.25, -0.2) is 13.1 Å². The van der Waals surface area contributed by atoms with Gasteiger partial charge in [0, 0.05) is 0 Å². The van der Waals surface area contributed by atoms with Crippen molar-refractivity contribution in [3.05, 3.63) is 24.2 Å². The summed E-state index contributed by atoms with van der Waals surface area (Å²) in [6.07, 6.45) is 1.83. The molecule has 1 heterocycles.